The number of hydrogen-bond donors (Lipinski definition) is 1. The molecule has 9 nitrogen and oxygen atoms in total. The second-order valence-corrected chi connectivity index (χ2v) is 11.6. The molecule has 1 aliphatic heterocycles. The number of thioether (sulfide) groups is 1. The van der Waals surface area contributed by atoms with Crippen LogP contribution in [-0.2, 0) is 9.53 Å². The van der Waals surface area contributed by atoms with Crippen LogP contribution in [0.4, 0.5) is 5.00 Å². The molecule has 0 aliphatic carbocycles. The summed E-state index contributed by atoms with van der Waals surface area (Å²) in [6.45, 7) is 6.86. The molecule has 1 atom stereocenters. The van der Waals surface area contributed by atoms with Crippen molar-refractivity contribution in [3.8, 4) is 22.6 Å². The van der Waals surface area contributed by atoms with Crippen molar-refractivity contribution in [2.75, 3.05) is 25.6 Å². The summed E-state index contributed by atoms with van der Waals surface area (Å²) in [7, 11) is 1.32. The lowest BCUT2D eigenvalue weighted by atomic mass is 10.0. The minimum atomic E-state index is -0.539. The highest BCUT2D eigenvalue weighted by Gasteiger charge is 2.26. The molecule has 2 aromatic carbocycles. The van der Waals surface area contributed by atoms with E-state index >= 15 is 0 Å². The van der Waals surface area contributed by atoms with E-state index in [1.165, 1.54) is 30.2 Å². The third-order valence-corrected chi connectivity index (χ3v) is 8.75. The van der Waals surface area contributed by atoms with Gasteiger partial charge in [0.2, 0.25) is 5.91 Å². The van der Waals surface area contributed by atoms with E-state index in [-0.39, 0.29) is 5.91 Å². The van der Waals surface area contributed by atoms with Gasteiger partial charge in [-0.25, -0.2) is 4.79 Å². The molecule has 0 saturated carbocycles. The van der Waals surface area contributed by atoms with E-state index in [0.717, 1.165) is 33.2 Å². The first kappa shape index (κ1) is 26.1. The fourth-order valence-corrected chi connectivity index (χ4v) is 6.63. The second-order valence-electron chi connectivity index (χ2n) is 9.43. The quantitative estimate of drug-likeness (QED) is 0.197. The van der Waals surface area contributed by atoms with Gasteiger partial charge in [-0.3, -0.25) is 9.20 Å². The first-order valence-electron chi connectivity index (χ1n) is 12.7. The van der Waals surface area contributed by atoms with Crippen LogP contribution >= 0.6 is 23.1 Å². The minimum absolute atomic E-state index is 0.268. The van der Waals surface area contributed by atoms with E-state index in [4.69, 9.17) is 14.2 Å². The van der Waals surface area contributed by atoms with Crippen LogP contribution in [0.15, 0.2) is 53.0 Å². The third-order valence-electron chi connectivity index (χ3n) is 6.81. The Bertz CT molecular complexity index is 1790. The second kappa shape index (κ2) is 10.5. The zero-order valence-corrected chi connectivity index (χ0v) is 23.9. The number of ether oxygens (including phenoxy) is 3. The van der Waals surface area contributed by atoms with Gasteiger partial charge in [-0.15, -0.1) is 21.5 Å². The predicted molar refractivity (Wildman–Crippen MR) is 156 cm³/mol. The Morgan fingerprint density at radius 1 is 1.07 bits per heavy atom. The Hall–Kier alpha value is -4.09. The third kappa shape index (κ3) is 4.54. The summed E-state index contributed by atoms with van der Waals surface area (Å²) in [6, 6.07) is 13.7. The molecule has 0 radical (unpaired) electrons. The summed E-state index contributed by atoms with van der Waals surface area (Å²) in [5.74, 6) is 0.460. The molecule has 11 heteroatoms. The highest BCUT2D eigenvalue weighted by molar-refractivity contribution is 8.00. The fourth-order valence-electron chi connectivity index (χ4n) is 4.81. The number of carbonyl (C=O) groups excluding carboxylic acids is 2. The SMILES string of the molecule is COC(=O)c1c(-c2ccc3c(c2)OCCO3)csc1NC(=O)C(C)Sc1nnc2cc(C)c3cccc(C)c3n12. The van der Waals surface area contributed by atoms with E-state index in [1.54, 1.807) is 6.92 Å². The first-order chi connectivity index (χ1) is 19.4. The molecule has 4 heterocycles. The maximum atomic E-state index is 13.4. The Labute approximate surface area is 238 Å². The Morgan fingerprint density at radius 2 is 1.88 bits per heavy atom. The van der Waals surface area contributed by atoms with E-state index in [2.05, 4.69) is 41.5 Å². The number of nitrogens with one attached hydrogen (secondary N) is 1. The van der Waals surface area contributed by atoms with E-state index in [1.807, 2.05) is 40.1 Å². The number of nitrogens with zero attached hydrogens (tertiary/aromatic N) is 3. The number of para-hydroxylation sites is 1. The number of amides is 1. The predicted octanol–water partition coefficient (Wildman–Crippen LogP) is 5.90. The van der Waals surface area contributed by atoms with Crippen LogP contribution in [-0.4, -0.2) is 52.0 Å². The van der Waals surface area contributed by atoms with Crippen molar-refractivity contribution < 1.29 is 23.8 Å². The first-order valence-corrected chi connectivity index (χ1v) is 14.4. The van der Waals surface area contributed by atoms with E-state index in [0.29, 0.717) is 46.0 Å². The van der Waals surface area contributed by atoms with E-state index in [9.17, 15) is 9.59 Å². The van der Waals surface area contributed by atoms with Crippen LogP contribution < -0.4 is 14.8 Å². The monoisotopic (exact) mass is 574 g/mol. The van der Waals surface area contributed by atoms with Gasteiger partial charge >= 0.3 is 5.97 Å². The van der Waals surface area contributed by atoms with Gasteiger partial charge in [0.1, 0.15) is 23.8 Å². The maximum Gasteiger partial charge on any atom is 0.341 e. The molecule has 1 aliphatic rings. The average Bonchev–Trinajstić information content (AvgIpc) is 3.56. The van der Waals surface area contributed by atoms with Crippen molar-refractivity contribution in [3.63, 3.8) is 0 Å². The number of benzene rings is 2. The van der Waals surface area contributed by atoms with Crippen molar-refractivity contribution in [1.29, 1.82) is 0 Å². The number of methoxy groups -OCH3 is 1. The summed E-state index contributed by atoms with van der Waals surface area (Å²) in [4.78, 5) is 26.3. The fraction of sp³-hybridized carbons (Fsp3) is 0.241. The lowest BCUT2D eigenvalue weighted by Crippen LogP contribution is -2.23. The summed E-state index contributed by atoms with van der Waals surface area (Å²) < 4.78 is 18.4. The standard InChI is InChI=1S/C29H26N4O5S2/c1-15-6-5-7-19-16(2)12-23-31-32-29(33(23)25(15)19)40-17(3)26(34)30-27-24(28(35)36-4)20(14-39-27)18-8-9-21-22(13-18)38-11-10-37-21/h5-9,12-14,17H,10-11H2,1-4H3,(H,30,34). The number of pyridine rings is 1. The number of carbonyl (C=O) groups is 2. The number of aryl methyl sites for hydroxylation is 2. The van der Waals surface area contributed by atoms with Crippen LogP contribution in [0, 0.1) is 13.8 Å². The molecule has 204 valence electrons. The molecule has 1 amide bonds. The zero-order chi connectivity index (χ0) is 28.0. The summed E-state index contributed by atoms with van der Waals surface area (Å²) in [6.07, 6.45) is 0. The number of fused-ring (bicyclic) bond motifs is 4. The van der Waals surface area contributed by atoms with E-state index < -0.39 is 11.2 Å². The molecule has 1 unspecified atom stereocenters. The molecule has 0 saturated heterocycles. The number of hydrogen-bond acceptors (Lipinski definition) is 9. The van der Waals surface area contributed by atoms with Gasteiger partial charge in [0.05, 0.1) is 17.9 Å². The Balaban J connectivity index is 1.29. The number of rotatable bonds is 6. The molecule has 0 spiro atoms. The van der Waals surface area contributed by atoms with Crippen molar-refractivity contribution in [2.45, 2.75) is 31.2 Å². The molecule has 40 heavy (non-hydrogen) atoms. The normalized spacial score (nSPS) is 13.4. The molecule has 5 aromatic rings. The molecule has 3 aromatic heterocycles. The van der Waals surface area contributed by atoms with Gasteiger partial charge < -0.3 is 19.5 Å². The van der Waals surface area contributed by atoms with Gasteiger partial charge in [0.25, 0.3) is 0 Å². The molecule has 6 rings (SSSR count). The van der Waals surface area contributed by atoms with Gasteiger partial charge in [0, 0.05) is 16.3 Å². The maximum absolute atomic E-state index is 13.4. The van der Waals surface area contributed by atoms with Gasteiger partial charge in [-0.2, -0.15) is 0 Å². The smallest absolute Gasteiger partial charge is 0.341 e. The molecular weight excluding hydrogens is 548 g/mol. The largest absolute Gasteiger partial charge is 0.486 e. The molecule has 1 N–H and O–H groups in total. The molecular formula is C29H26N4O5S2. The highest BCUT2D eigenvalue weighted by Crippen LogP contribution is 2.41. The van der Waals surface area contributed by atoms with Crippen molar-refractivity contribution in [3.05, 3.63) is 64.5 Å². The number of esters is 1. The van der Waals surface area contributed by atoms with Crippen LogP contribution in [0.25, 0.3) is 27.7 Å². The van der Waals surface area contributed by atoms with Crippen molar-refractivity contribution in [1.82, 2.24) is 14.6 Å². The lowest BCUT2D eigenvalue weighted by molar-refractivity contribution is -0.115. The van der Waals surface area contributed by atoms with Crippen molar-refractivity contribution >= 4 is 56.5 Å². The van der Waals surface area contributed by atoms with Crippen LogP contribution in [0.3, 0.4) is 0 Å². The van der Waals surface area contributed by atoms with Gasteiger partial charge in [0.15, 0.2) is 22.3 Å². The Morgan fingerprint density at radius 3 is 2.67 bits per heavy atom. The summed E-state index contributed by atoms with van der Waals surface area (Å²) >= 11 is 2.58. The highest BCUT2D eigenvalue weighted by atomic mass is 32.2. The topological polar surface area (TPSA) is 104 Å². The number of aromatic nitrogens is 3. The summed E-state index contributed by atoms with van der Waals surface area (Å²) in [5, 5.41) is 15.1. The Kier molecular flexibility index (Phi) is 6.85. The lowest BCUT2D eigenvalue weighted by Gasteiger charge is -2.19. The minimum Gasteiger partial charge on any atom is -0.486 e. The molecule has 0 fully saturated rings. The average molecular weight is 575 g/mol. The van der Waals surface area contributed by atoms with Gasteiger partial charge in [-0.05, 0) is 55.7 Å². The van der Waals surface area contributed by atoms with Crippen molar-refractivity contribution in [2.24, 2.45) is 0 Å². The molecule has 0 bridgehead atoms. The number of thiophene rings is 1. The van der Waals surface area contributed by atoms with Gasteiger partial charge in [-0.1, -0.05) is 36.0 Å². The number of anilines is 1. The zero-order valence-electron chi connectivity index (χ0n) is 22.3. The van der Waals surface area contributed by atoms with Crippen LogP contribution in [0.1, 0.15) is 28.4 Å². The van der Waals surface area contributed by atoms with Crippen LogP contribution in [0.5, 0.6) is 11.5 Å². The summed E-state index contributed by atoms with van der Waals surface area (Å²) in [5.41, 5.74) is 5.65. The van der Waals surface area contributed by atoms with Crippen LogP contribution in [0.2, 0.25) is 0 Å².